The number of carbonyl (C=O) groups is 2. The van der Waals surface area contributed by atoms with E-state index in [0.29, 0.717) is 5.92 Å². The van der Waals surface area contributed by atoms with Crippen LogP contribution in [0.3, 0.4) is 0 Å². The molecule has 1 fully saturated rings. The molecule has 0 saturated heterocycles. The molecule has 1 aliphatic rings. The predicted molar refractivity (Wildman–Crippen MR) is 56.1 cm³/mol. The van der Waals surface area contributed by atoms with Crippen LogP contribution in [-0.2, 0) is 14.3 Å². The van der Waals surface area contributed by atoms with Crippen LogP contribution in [0.4, 0.5) is 0 Å². The van der Waals surface area contributed by atoms with Gasteiger partial charge in [-0.15, -0.1) is 0 Å². The van der Waals surface area contributed by atoms with Gasteiger partial charge in [0.1, 0.15) is 6.54 Å². The van der Waals surface area contributed by atoms with E-state index in [9.17, 15) is 9.59 Å². The second-order valence-electron chi connectivity index (χ2n) is 4.08. The fourth-order valence-corrected chi connectivity index (χ4v) is 2.06. The molecule has 1 saturated carbocycles. The van der Waals surface area contributed by atoms with Crippen LogP contribution < -0.4 is 5.32 Å². The largest absolute Gasteiger partial charge is 0.468 e. The smallest absolute Gasteiger partial charge is 0.325 e. The lowest BCUT2D eigenvalue weighted by Crippen LogP contribution is -2.34. The first-order valence-electron chi connectivity index (χ1n) is 5.51. The number of amides is 1. The van der Waals surface area contributed by atoms with E-state index in [4.69, 9.17) is 0 Å². The summed E-state index contributed by atoms with van der Waals surface area (Å²) in [6.07, 6.45) is 4.18. The lowest BCUT2D eigenvalue weighted by Gasteiger charge is -2.10. The van der Waals surface area contributed by atoms with E-state index in [0.717, 1.165) is 25.7 Å². The molecule has 0 unspecified atom stereocenters. The molecular formula is C11H19NO3. The second-order valence-corrected chi connectivity index (χ2v) is 4.08. The Balaban J connectivity index is 2.26. The van der Waals surface area contributed by atoms with Crippen LogP contribution in [0.1, 0.15) is 32.6 Å². The van der Waals surface area contributed by atoms with Gasteiger partial charge in [0, 0.05) is 5.92 Å². The van der Waals surface area contributed by atoms with Gasteiger partial charge in [-0.25, -0.2) is 0 Å². The summed E-state index contributed by atoms with van der Waals surface area (Å²) < 4.78 is 4.45. The quantitative estimate of drug-likeness (QED) is 0.711. The molecule has 0 aromatic heterocycles. The normalized spacial score (nSPS) is 24.9. The highest BCUT2D eigenvalue weighted by Gasteiger charge is 2.28. The number of hydrogen-bond acceptors (Lipinski definition) is 3. The van der Waals surface area contributed by atoms with Gasteiger partial charge in [-0.1, -0.05) is 13.3 Å². The molecule has 0 aliphatic heterocycles. The Morgan fingerprint density at radius 2 is 2.13 bits per heavy atom. The molecule has 0 radical (unpaired) electrons. The molecule has 1 aliphatic carbocycles. The number of esters is 1. The molecule has 86 valence electrons. The molecule has 2 atom stereocenters. The summed E-state index contributed by atoms with van der Waals surface area (Å²) in [6.45, 7) is 2.14. The van der Waals surface area contributed by atoms with Crippen LogP contribution >= 0.6 is 0 Å². The maximum Gasteiger partial charge on any atom is 0.325 e. The number of methoxy groups -OCH3 is 1. The van der Waals surface area contributed by atoms with Gasteiger partial charge in [0.05, 0.1) is 7.11 Å². The number of hydrogen-bond donors (Lipinski definition) is 1. The predicted octanol–water partition coefficient (Wildman–Crippen LogP) is 1.10. The standard InChI is InChI=1S/C11H19NO3/c1-3-8-4-5-9(6-8)11(14)12-7-10(13)15-2/h8-9H,3-7H2,1-2H3,(H,12,14)/t8-,9+/m1/s1. The lowest BCUT2D eigenvalue weighted by atomic mass is 10.0. The van der Waals surface area contributed by atoms with Crippen molar-refractivity contribution < 1.29 is 14.3 Å². The summed E-state index contributed by atoms with van der Waals surface area (Å²) in [4.78, 5) is 22.4. The Bertz CT molecular complexity index is 240. The Labute approximate surface area is 90.4 Å². The lowest BCUT2D eigenvalue weighted by molar-refractivity contribution is -0.141. The number of nitrogens with one attached hydrogen (secondary N) is 1. The highest BCUT2D eigenvalue weighted by Crippen LogP contribution is 2.32. The molecular weight excluding hydrogens is 194 g/mol. The highest BCUT2D eigenvalue weighted by atomic mass is 16.5. The van der Waals surface area contributed by atoms with Crippen LogP contribution in [0.15, 0.2) is 0 Å². The maximum absolute atomic E-state index is 11.6. The van der Waals surface area contributed by atoms with Crippen molar-refractivity contribution in [3.63, 3.8) is 0 Å². The van der Waals surface area contributed by atoms with Crippen molar-refractivity contribution in [2.75, 3.05) is 13.7 Å². The van der Waals surface area contributed by atoms with Crippen LogP contribution in [0.2, 0.25) is 0 Å². The summed E-state index contributed by atoms with van der Waals surface area (Å²) in [5.74, 6) is 0.378. The summed E-state index contributed by atoms with van der Waals surface area (Å²) >= 11 is 0. The van der Waals surface area contributed by atoms with E-state index in [2.05, 4.69) is 17.0 Å². The zero-order chi connectivity index (χ0) is 11.3. The molecule has 4 nitrogen and oxygen atoms in total. The average Bonchev–Trinajstić information content (AvgIpc) is 2.73. The first kappa shape index (κ1) is 12.0. The first-order valence-corrected chi connectivity index (χ1v) is 5.51. The number of ether oxygens (including phenoxy) is 1. The van der Waals surface area contributed by atoms with E-state index in [1.54, 1.807) is 0 Å². The zero-order valence-electron chi connectivity index (χ0n) is 9.41. The Kier molecular flexibility index (Phi) is 4.59. The van der Waals surface area contributed by atoms with Gasteiger partial charge >= 0.3 is 5.97 Å². The Morgan fingerprint density at radius 3 is 2.67 bits per heavy atom. The maximum atomic E-state index is 11.6. The van der Waals surface area contributed by atoms with Crippen LogP contribution in [0, 0.1) is 11.8 Å². The topological polar surface area (TPSA) is 55.4 Å². The Morgan fingerprint density at radius 1 is 1.40 bits per heavy atom. The number of rotatable bonds is 4. The van der Waals surface area contributed by atoms with Crippen molar-refractivity contribution in [3.8, 4) is 0 Å². The monoisotopic (exact) mass is 213 g/mol. The van der Waals surface area contributed by atoms with Crippen molar-refractivity contribution in [1.82, 2.24) is 5.32 Å². The minimum Gasteiger partial charge on any atom is -0.468 e. The van der Waals surface area contributed by atoms with Crippen molar-refractivity contribution in [3.05, 3.63) is 0 Å². The summed E-state index contributed by atoms with van der Waals surface area (Å²) in [5, 5.41) is 2.61. The van der Waals surface area contributed by atoms with Gasteiger partial charge in [0.15, 0.2) is 0 Å². The van der Waals surface area contributed by atoms with Crippen molar-refractivity contribution in [1.29, 1.82) is 0 Å². The van der Waals surface area contributed by atoms with E-state index in [1.165, 1.54) is 7.11 Å². The van der Waals surface area contributed by atoms with Gasteiger partial charge in [-0.05, 0) is 25.2 Å². The minimum absolute atomic E-state index is 0.00338. The van der Waals surface area contributed by atoms with Crippen LogP contribution in [0.5, 0.6) is 0 Å². The third-order valence-corrected chi connectivity index (χ3v) is 3.12. The SMILES string of the molecule is CC[C@@H]1CC[C@H](C(=O)NCC(=O)OC)C1. The summed E-state index contributed by atoms with van der Waals surface area (Å²) in [6, 6.07) is 0. The molecule has 0 spiro atoms. The number of carbonyl (C=O) groups excluding carboxylic acids is 2. The third-order valence-electron chi connectivity index (χ3n) is 3.12. The van der Waals surface area contributed by atoms with Crippen molar-refractivity contribution in [2.24, 2.45) is 11.8 Å². The van der Waals surface area contributed by atoms with Gasteiger partial charge in [-0.2, -0.15) is 0 Å². The molecule has 1 N–H and O–H groups in total. The van der Waals surface area contributed by atoms with Crippen molar-refractivity contribution in [2.45, 2.75) is 32.6 Å². The van der Waals surface area contributed by atoms with Crippen LogP contribution in [0.25, 0.3) is 0 Å². The average molecular weight is 213 g/mol. The van der Waals surface area contributed by atoms with E-state index in [1.807, 2.05) is 0 Å². The molecule has 15 heavy (non-hydrogen) atoms. The molecule has 0 bridgehead atoms. The molecule has 1 amide bonds. The molecule has 4 heteroatoms. The van der Waals surface area contributed by atoms with Gasteiger partial charge in [-0.3, -0.25) is 9.59 Å². The van der Waals surface area contributed by atoms with Gasteiger partial charge < -0.3 is 10.1 Å². The van der Waals surface area contributed by atoms with E-state index >= 15 is 0 Å². The minimum atomic E-state index is -0.395. The summed E-state index contributed by atoms with van der Waals surface area (Å²) in [7, 11) is 1.32. The summed E-state index contributed by atoms with van der Waals surface area (Å²) in [5.41, 5.74) is 0. The van der Waals surface area contributed by atoms with Gasteiger partial charge in [0.2, 0.25) is 5.91 Å². The third kappa shape index (κ3) is 3.53. The molecule has 0 aromatic carbocycles. The van der Waals surface area contributed by atoms with E-state index < -0.39 is 5.97 Å². The molecule has 0 aromatic rings. The molecule has 0 heterocycles. The zero-order valence-corrected chi connectivity index (χ0v) is 9.41. The Hall–Kier alpha value is -1.06. The van der Waals surface area contributed by atoms with Crippen molar-refractivity contribution >= 4 is 11.9 Å². The second kappa shape index (κ2) is 5.73. The van der Waals surface area contributed by atoms with E-state index in [-0.39, 0.29) is 18.4 Å². The highest BCUT2D eigenvalue weighted by molar-refractivity contribution is 5.83. The fraction of sp³-hybridized carbons (Fsp3) is 0.818. The van der Waals surface area contributed by atoms with Crippen LogP contribution in [-0.4, -0.2) is 25.5 Å². The first-order chi connectivity index (χ1) is 7.17. The fourth-order valence-electron chi connectivity index (χ4n) is 2.06. The van der Waals surface area contributed by atoms with Gasteiger partial charge in [0.25, 0.3) is 0 Å². The molecule has 1 rings (SSSR count).